The van der Waals surface area contributed by atoms with Crippen LogP contribution in [0.5, 0.6) is 0 Å². The third-order valence-corrected chi connectivity index (χ3v) is 7.90. The van der Waals surface area contributed by atoms with Crippen molar-refractivity contribution in [2.24, 2.45) is 22.7 Å². The van der Waals surface area contributed by atoms with Gasteiger partial charge < -0.3 is 56.8 Å². The van der Waals surface area contributed by atoms with E-state index in [1.54, 1.807) is 0 Å². The van der Waals surface area contributed by atoms with Crippen LogP contribution in [-0.4, -0.2) is 125 Å². The molecule has 4 aliphatic heterocycles. The summed E-state index contributed by atoms with van der Waals surface area (Å²) in [6.07, 6.45) is 0.222. The summed E-state index contributed by atoms with van der Waals surface area (Å²) in [7, 11) is 2.49. The highest BCUT2D eigenvalue weighted by Crippen LogP contribution is 2.33. The Kier molecular flexibility index (Phi) is 19.1. The first-order valence-electron chi connectivity index (χ1n) is 17.7. The van der Waals surface area contributed by atoms with Crippen LogP contribution in [0.3, 0.4) is 0 Å². The maximum Gasteiger partial charge on any atom is 0.509 e. The molecule has 0 spiro atoms. The van der Waals surface area contributed by atoms with E-state index in [2.05, 4.69) is 35.5 Å². The van der Waals surface area contributed by atoms with E-state index in [1.807, 2.05) is 69.2 Å². The number of rotatable bonds is 8. The van der Waals surface area contributed by atoms with Crippen molar-refractivity contribution in [1.82, 2.24) is 0 Å². The number of hydrogen-bond acceptors (Lipinski definition) is 20. The van der Waals surface area contributed by atoms with Crippen LogP contribution in [0, 0.1) is 47.4 Å². The molecule has 0 aromatic heterocycles. The van der Waals surface area contributed by atoms with Gasteiger partial charge in [0.15, 0.2) is 37.6 Å². The van der Waals surface area contributed by atoms with Crippen molar-refractivity contribution in [3.8, 4) is 24.7 Å². The van der Waals surface area contributed by atoms with Gasteiger partial charge in [0, 0.05) is 10.8 Å². The molecular weight excluding hydrogens is 776 g/mol. The molecule has 20 nitrogen and oxygen atoms in total. The monoisotopic (exact) mass is 828 g/mol. The van der Waals surface area contributed by atoms with Crippen LogP contribution in [0.15, 0.2) is 0 Å². The first kappa shape index (κ1) is 50.1. The number of hydrogen-bond donors (Lipinski definition) is 0. The van der Waals surface area contributed by atoms with Crippen molar-refractivity contribution in [1.29, 1.82) is 0 Å². The van der Waals surface area contributed by atoms with Crippen molar-refractivity contribution in [3.05, 3.63) is 0 Å². The third kappa shape index (κ3) is 14.9. The van der Waals surface area contributed by atoms with Crippen LogP contribution in [0.25, 0.3) is 0 Å². The van der Waals surface area contributed by atoms with E-state index in [0.717, 1.165) is 0 Å². The van der Waals surface area contributed by atoms with E-state index < -0.39 is 103 Å². The Balaban J connectivity index is 0.000000388. The molecule has 0 bridgehead atoms. The number of cyclic esters (lactones) is 8. The summed E-state index contributed by atoms with van der Waals surface area (Å²) in [4.78, 5) is 88.7. The zero-order valence-corrected chi connectivity index (χ0v) is 34.5. The van der Waals surface area contributed by atoms with Gasteiger partial charge in [-0.3, -0.25) is 0 Å². The Labute approximate surface area is 336 Å². The summed E-state index contributed by atoms with van der Waals surface area (Å²) in [6, 6.07) is 0. The van der Waals surface area contributed by atoms with Crippen LogP contribution in [0.1, 0.15) is 69.2 Å². The highest BCUT2D eigenvalue weighted by molar-refractivity contribution is 5.82. The fourth-order valence-electron chi connectivity index (χ4n) is 5.02. The molecule has 0 aromatic rings. The maximum absolute atomic E-state index is 11.5. The molecule has 324 valence electrons. The smallest absolute Gasteiger partial charge is 0.466 e. The van der Waals surface area contributed by atoms with Crippen LogP contribution in [0.2, 0.25) is 0 Å². The second-order valence-electron chi connectivity index (χ2n) is 15.3. The average molecular weight is 829 g/mol. The molecule has 8 atom stereocenters. The van der Waals surface area contributed by atoms with Crippen LogP contribution < -0.4 is 0 Å². The highest BCUT2D eigenvalue weighted by Gasteiger charge is 2.50. The summed E-state index contributed by atoms with van der Waals surface area (Å²) in [6.45, 7) is 18.1. The Morgan fingerprint density at radius 1 is 0.517 bits per heavy atom. The van der Waals surface area contributed by atoms with E-state index in [4.69, 9.17) is 46.0 Å². The molecule has 58 heavy (non-hydrogen) atoms. The molecular formula is C38H52O20. The molecule has 0 N–H and O–H groups in total. The van der Waals surface area contributed by atoms with Gasteiger partial charge in [-0.25, -0.2) is 38.4 Å². The number of methoxy groups -OCH3 is 2. The number of ether oxygens (including phenoxy) is 12. The standard InChI is InChI=1S/C11H14O5.C10H12O5.C9H14O5.C8H12O5/c1-5-6-14-9(12)7-8(11(2,3)4)16-10(13)15-7;1-4-5-13-9(11)8-7(6(2)3)14-10(12)15-8;1-9(2,3)6-5(7(10)12-4)13-8(11)14-6;1-4(2)5-6(7(9)11-3)13-8(10)12-5/h1,7-8H,6H2,2-4H3;1,6-8H,5H2,2-3H3;5-6H,1-4H3;4-6H,1-3H3. The molecule has 0 saturated carbocycles. The lowest BCUT2D eigenvalue weighted by molar-refractivity contribution is -0.154. The van der Waals surface area contributed by atoms with Crippen LogP contribution in [0.4, 0.5) is 19.2 Å². The average Bonchev–Trinajstić information content (AvgIpc) is 3.94. The van der Waals surface area contributed by atoms with Gasteiger partial charge in [0.25, 0.3) is 0 Å². The zero-order chi connectivity index (χ0) is 44.7. The maximum atomic E-state index is 11.5. The first-order valence-corrected chi connectivity index (χ1v) is 17.7. The summed E-state index contributed by atoms with van der Waals surface area (Å²) in [5.74, 6) is 1.80. The molecule has 4 heterocycles. The van der Waals surface area contributed by atoms with Crippen molar-refractivity contribution in [2.45, 2.75) is 118 Å². The van der Waals surface area contributed by atoms with Gasteiger partial charge in [0.2, 0.25) is 24.4 Å². The predicted octanol–water partition coefficient (Wildman–Crippen LogP) is 3.66. The third-order valence-electron chi connectivity index (χ3n) is 7.90. The SMILES string of the molecule is C#CCOC(=O)C1OC(=O)OC1C(C)(C)C.C#CCOC(=O)C1OC(=O)OC1C(C)C.COC(=O)C1OC(=O)OC1C(C)(C)C.COC(=O)C1OC(=O)OC1C(C)C. The van der Waals surface area contributed by atoms with Crippen LogP contribution in [-0.2, 0) is 76.0 Å². The van der Waals surface area contributed by atoms with Gasteiger partial charge in [-0.05, 0) is 11.8 Å². The van der Waals surface area contributed by atoms with E-state index >= 15 is 0 Å². The zero-order valence-electron chi connectivity index (χ0n) is 34.5. The summed E-state index contributed by atoms with van der Waals surface area (Å²) in [5.41, 5.74) is -0.767. The molecule has 4 rings (SSSR count). The Hall–Kier alpha value is -5.92. The van der Waals surface area contributed by atoms with E-state index in [-0.39, 0.29) is 30.5 Å². The summed E-state index contributed by atoms with van der Waals surface area (Å²) in [5, 5.41) is 0. The largest absolute Gasteiger partial charge is 0.509 e. The Bertz CT molecular complexity index is 1570. The molecule has 20 heteroatoms. The topological polar surface area (TPSA) is 247 Å². The molecule has 4 saturated heterocycles. The first-order chi connectivity index (χ1) is 26.8. The molecule has 4 aliphatic rings. The fourth-order valence-corrected chi connectivity index (χ4v) is 5.02. The number of esters is 4. The van der Waals surface area contributed by atoms with Crippen molar-refractivity contribution in [3.63, 3.8) is 0 Å². The van der Waals surface area contributed by atoms with E-state index in [1.165, 1.54) is 14.2 Å². The van der Waals surface area contributed by atoms with Crippen molar-refractivity contribution in [2.75, 3.05) is 27.4 Å². The summed E-state index contributed by atoms with van der Waals surface area (Å²) >= 11 is 0. The highest BCUT2D eigenvalue weighted by atomic mass is 16.8. The van der Waals surface area contributed by atoms with Gasteiger partial charge in [0.05, 0.1) is 14.2 Å². The van der Waals surface area contributed by atoms with Gasteiger partial charge in [0.1, 0.15) is 0 Å². The van der Waals surface area contributed by atoms with Crippen LogP contribution >= 0.6 is 0 Å². The van der Waals surface area contributed by atoms with Gasteiger partial charge in [-0.15, -0.1) is 12.8 Å². The van der Waals surface area contributed by atoms with Gasteiger partial charge >= 0.3 is 48.5 Å². The number of carbonyl (C=O) groups is 8. The molecule has 0 aromatic carbocycles. The molecule has 4 fully saturated rings. The molecule has 0 aliphatic carbocycles. The minimum atomic E-state index is -1.04. The molecule has 0 amide bonds. The summed E-state index contributed by atoms with van der Waals surface area (Å²) < 4.78 is 56.6. The van der Waals surface area contributed by atoms with Gasteiger partial charge in [-0.2, -0.15) is 0 Å². The molecule has 0 radical (unpaired) electrons. The fraction of sp³-hybridized carbons (Fsp3) is 0.684. The predicted molar refractivity (Wildman–Crippen MR) is 193 cm³/mol. The van der Waals surface area contributed by atoms with Gasteiger partial charge in [-0.1, -0.05) is 81.1 Å². The quantitative estimate of drug-likeness (QED) is 0.192. The van der Waals surface area contributed by atoms with E-state index in [0.29, 0.717) is 0 Å². The van der Waals surface area contributed by atoms with Crippen molar-refractivity contribution >= 4 is 48.5 Å². The molecule has 8 unspecified atom stereocenters. The minimum Gasteiger partial charge on any atom is -0.466 e. The van der Waals surface area contributed by atoms with E-state index in [9.17, 15) is 38.4 Å². The van der Waals surface area contributed by atoms with Crippen molar-refractivity contribution < 1.29 is 95.2 Å². The number of terminal acetylenes is 2. The second-order valence-corrected chi connectivity index (χ2v) is 15.3. The minimum absolute atomic E-state index is 0.0237. The lowest BCUT2D eigenvalue weighted by atomic mass is 9.86. The normalized spacial score (nSPS) is 25.4. The second kappa shape index (κ2) is 22.1. The number of carbonyl (C=O) groups excluding carboxylic acids is 8. The lowest BCUT2D eigenvalue weighted by Gasteiger charge is -2.26. The lowest BCUT2D eigenvalue weighted by Crippen LogP contribution is -2.41. The Morgan fingerprint density at radius 2 is 0.793 bits per heavy atom. The Morgan fingerprint density at radius 3 is 1.10 bits per heavy atom.